The van der Waals surface area contributed by atoms with Crippen LogP contribution in [0.15, 0.2) is 47.2 Å². The summed E-state index contributed by atoms with van der Waals surface area (Å²) in [5.41, 5.74) is 4.20. The summed E-state index contributed by atoms with van der Waals surface area (Å²) in [7, 11) is 0. The van der Waals surface area contributed by atoms with Gasteiger partial charge in [0.2, 0.25) is 5.91 Å². The van der Waals surface area contributed by atoms with Crippen molar-refractivity contribution in [2.24, 2.45) is 0 Å². The largest absolute Gasteiger partial charge is 0.342 e. The van der Waals surface area contributed by atoms with Crippen LogP contribution in [0.4, 0.5) is 4.39 Å². The Kier molecular flexibility index (Phi) is 5.64. The first-order chi connectivity index (χ1) is 14.1. The topological polar surface area (TPSA) is 72.1 Å². The van der Waals surface area contributed by atoms with Gasteiger partial charge in [0.1, 0.15) is 17.2 Å². The molecule has 0 N–H and O–H groups in total. The summed E-state index contributed by atoms with van der Waals surface area (Å²) in [6.07, 6.45) is 4.66. The molecule has 0 saturated carbocycles. The van der Waals surface area contributed by atoms with Gasteiger partial charge in [-0.15, -0.1) is 0 Å². The zero-order valence-corrected chi connectivity index (χ0v) is 16.3. The summed E-state index contributed by atoms with van der Waals surface area (Å²) < 4.78 is 18.0. The highest BCUT2D eigenvalue weighted by Gasteiger charge is 2.26. The molecule has 1 amide bonds. The van der Waals surface area contributed by atoms with E-state index in [0.29, 0.717) is 24.4 Å². The van der Waals surface area contributed by atoms with Gasteiger partial charge in [0.05, 0.1) is 6.42 Å². The van der Waals surface area contributed by atoms with Gasteiger partial charge in [-0.05, 0) is 55.5 Å². The fourth-order valence-electron chi connectivity index (χ4n) is 3.77. The van der Waals surface area contributed by atoms with Crippen molar-refractivity contribution in [1.82, 2.24) is 20.2 Å². The molecule has 1 atom stereocenters. The number of rotatable bonds is 5. The molecule has 29 heavy (non-hydrogen) atoms. The second-order valence-corrected chi connectivity index (χ2v) is 7.55. The molecule has 1 aliphatic heterocycles. The molecule has 1 unspecified atom stereocenters. The van der Waals surface area contributed by atoms with Crippen molar-refractivity contribution >= 4 is 5.91 Å². The van der Waals surface area contributed by atoms with Crippen LogP contribution in [-0.4, -0.2) is 39.2 Å². The summed E-state index contributed by atoms with van der Waals surface area (Å²) >= 11 is 0. The Labute approximate surface area is 168 Å². The van der Waals surface area contributed by atoms with Gasteiger partial charge in [-0.2, -0.15) is 0 Å². The van der Waals surface area contributed by atoms with E-state index in [9.17, 15) is 9.18 Å². The maximum Gasteiger partial charge on any atom is 0.228 e. The zero-order valence-electron chi connectivity index (χ0n) is 16.3. The monoisotopic (exact) mass is 394 g/mol. The van der Waals surface area contributed by atoms with E-state index in [0.717, 1.165) is 36.2 Å². The van der Waals surface area contributed by atoms with Crippen molar-refractivity contribution in [2.75, 3.05) is 13.1 Å². The molecule has 2 aromatic heterocycles. The van der Waals surface area contributed by atoms with Gasteiger partial charge in [-0.1, -0.05) is 28.5 Å². The lowest BCUT2D eigenvalue weighted by Gasteiger charge is -2.32. The Balaban J connectivity index is 1.39. The lowest BCUT2D eigenvalue weighted by atomic mass is 9.93. The minimum absolute atomic E-state index is 0.0382. The molecule has 0 spiro atoms. The summed E-state index contributed by atoms with van der Waals surface area (Å²) in [6.45, 7) is 3.18. The SMILES string of the molecule is Cc1nonc1CC(=O)N1CCCC(c2ccc(Cc3cccc(F)c3)cn2)C1. The molecule has 7 heteroatoms. The number of benzene rings is 1. The van der Waals surface area contributed by atoms with Gasteiger partial charge in [0.15, 0.2) is 0 Å². The quantitative estimate of drug-likeness (QED) is 0.663. The van der Waals surface area contributed by atoms with Gasteiger partial charge in [0, 0.05) is 30.9 Å². The third-order valence-corrected chi connectivity index (χ3v) is 5.40. The molecule has 1 aromatic carbocycles. The van der Waals surface area contributed by atoms with E-state index in [4.69, 9.17) is 0 Å². The average molecular weight is 394 g/mol. The number of piperidine rings is 1. The van der Waals surface area contributed by atoms with E-state index in [1.165, 1.54) is 6.07 Å². The number of nitrogens with zero attached hydrogens (tertiary/aromatic N) is 4. The number of hydrogen-bond acceptors (Lipinski definition) is 5. The first-order valence-electron chi connectivity index (χ1n) is 9.83. The number of carbonyl (C=O) groups excluding carboxylic acids is 1. The van der Waals surface area contributed by atoms with Crippen LogP contribution in [0.25, 0.3) is 0 Å². The smallest absolute Gasteiger partial charge is 0.228 e. The van der Waals surface area contributed by atoms with Gasteiger partial charge in [0.25, 0.3) is 0 Å². The number of aromatic nitrogens is 3. The minimum Gasteiger partial charge on any atom is -0.342 e. The van der Waals surface area contributed by atoms with E-state index in [2.05, 4.69) is 19.9 Å². The van der Waals surface area contributed by atoms with Crippen LogP contribution in [0.2, 0.25) is 0 Å². The molecule has 1 saturated heterocycles. The van der Waals surface area contributed by atoms with Gasteiger partial charge in [-0.3, -0.25) is 9.78 Å². The number of pyridine rings is 1. The summed E-state index contributed by atoms with van der Waals surface area (Å²) in [6, 6.07) is 10.7. The van der Waals surface area contributed by atoms with Crippen molar-refractivity contribution in [1.29, 1.82) is 0 Å². The maximum absolute atomic E-state index is 13.4. The van der Waals surface area contributed by atoms with Crippen LogP contribution in [-0.2, 0) is 17.6 Å². The minimum atomic E-state index is -0.226. The molecule has 0 aliphatic carbocycles. The molecule has 3 heterocycles. The summed E-state index contributed by atoms with van der Waals surface area (Å²) in [5, 5.41) is 7.54. The van der Waals surface area contributed by atoms with Gasteiger partial charge in [-0.25, -0.2) is 9.02 Å². The van der Waals surface area contributed by atoms with Crippen molar-refractivity contribution in [3.05, 3.63) is 76.6 Å². The standard InChI is InChI=1S/C22H23FN4O2/c1-15-21(26-29-25-15)12-22(28)27-9-3-5-18(14-27)20-8-7-17(13-24-20)10-16-4-2-6-19(23)11-16/h2,4,6-8,11,13,18H,3,5,9-10,12,14H2,1H3. The van der Waals surface area contributed by atoms with E-state index in [-0.39, 0.29) is 24.1 Å². The van der Waals surface area contributed by atoms with E-state index in [1.54, 1.807) is 19.1 Å². The van der Waals surface area contributed by atoms with Crippen LogP contribution in [0, 0.1) is 12.7 Å². The van der Waals surface area contributed by atoms with Crippen LogP contribution in [0.3, 0.4) is 0 Å². The molecule has 150 valence electrons. The normalized spacial score (nSPS) is 16.8. The van der Waals surface area contributed by atoms with Crippen LogP contribution >= 0.6 is 0 Å². The Morgan fingerprint density at radius 3 is 2.86 bits per heavy atom. The number of aryl methyl sites for hydroxylation is 1. The second kappa shape index (κ2) is 8.51. The predicted octanol–water partition coefficient (Wildman–Crippen LogP) is 3.45. The third kappa shape index (κ3) is 4.67. The Bertz CT molecular complexity index is 986. The van der Waals surface area contributed by atoms with E-state index >= 15 is 0 Å². The highest BCUT2D eigenvalue weighted by molar-refractivity contribution is 5.78. The van der Waals surface area contributed by atoms with Crippen LogP contribution in [0.1, 0.15) is 47.0 Å². The molecule has 6 nitrogen and oxygen atoms in total. The highest BCUT2D eigenvalue weighted by Crippen LogP contribution is 2.26. The second-order valence-electron chi connectivity index (χ2n) is 7.55. The van der Waals surface area contributed by atoms with Crippen molar-refractivity contribution in [3.8, 4) is 0 Å². The van der Waals surface area contributed by atoms with Crippen molar-refractivity contribution in [2.45, 2.75) is 38.5 Å². The Hall–Kier alpha value is -3.09. The van der Waals surface area contributed by atoms with Crippen LogP contribution < -0.4 is 0 Å². The number of hydrogen-bond donors (Lipinski definition) is 0. The molecular weight excluding hydrogens is 371 g/mol. The van der Waals surface area contributed by atoms with E-state index in [1.807, 2.05) is 29.3 Å². The third-order valence-electron chi connectivity index (χ3n) is 5.40. The molecular formula is C22H23FN4O2. The lowest BCUT2D eigenvalue weighted by molar-refractivity contribution is -0.131. The van der Waals surface area contributed by atoms with Gasteiger partial charge >= 0.3 is 0 Å². The zero-order chi connectivity index (χ0) is 20.2. The fraction of sp³-hybridized carbons (Fsp3) is 0.364. The predicted molar refractivity (Wildman–Crippen MR) is 105 cm³/mol. The summed E-state index contributed by atoms with van der Waals surface area (Å²) in [4.78, 5) is 19.2. The van der Waals surface area contributed by atoms with E-state index < -0.39 is 0 Å². The maximum atomic E-state index is 13.4. The number of likely N-dealkylation sites (tertiary alicyclic amines) is 1. The molecule has 1 fully saturated rings. The van der Waals surface area contributed by atoms with Crippen molar-refractivity contribution < 1.29 is 13.8 Å². The van der Waals surface area contributed by atoms with Crippen LogP contribution in [0.5, 0.6) is 0 Å². The molecule has 4 rings (SSSR count). The molecule has 0 bridgehead atoms. The lowest BCUT2D eigenvalue weighted by Crippen LogP contribution is -2.40. The van der Waals surface area contributed by atoms with Crippen molar-refractivity contribution in [3.63, 3.8) is 0 Å². The first-order valence-corrected chi connectivity index (χ1v) is 9.83. The highest BCUT2D eigenvalue weighted by atomic mass is 19.1. The fourth-order valence-corrected chi connectivity index (χ4v) is 3.77. The Morgan fingerprint density at radius 2 is 2.14 bits per heavy atom. The summed E-state index contributed by atoms with van der Waals surface area (Å²) in [5.74, 6) is 0.0271. The number of halogens is 1. The van der Waals surface area contributed by atoms with Gasteiger partial charge < -0.3 is 4.90 Å². The molecule has 1 aliphatic rings. The number of carbonyl (C=O) groups is 1. The first kappa shape index (κ1) is 19.2. The molecule has 3 aromatic rings. The number of amides is 1. The average Bonchev–Trinajstić information content (AvgIpc) is 3.13. The molecule has 0 radical (unpaired) electrons. The Morgan fingerprint density at radius 1 is 1.24 bits per heavy atom.